The van der Waals surface area contributed by atoms with Gasteiger partial charge in [-0.3, -0.25) is 0 Å². The fourth-order valence-electron chi connectivity index (χ4n) is 4.00. The summed E-state index contributed by atoms with van der Waals surface area (Å²) in [7, 11) is 0. The van der Waals surface area contributed by atoms with E-state index in [1.54, 1.807) is 6.07 Å². The molecule has 2 nitrogen and oxygen atoms in total. The molecule has 186 valence electrons. The lowest BCUT2D eigenvalue weighted by atomic mass is 9.94. The van der Waals surface area contributed by atoms with Gasteiger partial charge in [-0.15, -0.1) is 0 Å². The number of hydrogen-bond acceptors (Lipinski definition) is 2. The van der Waals surface area contributed by atoms with Crippen LogP contribution in [0.15, 0.2) is 42.5 Å². The topological polar surface area (TPSA) is 18.5 Å². The van der Waals surface area contributed by atoms with Gasteiger partial charge in [-0.25, -0.2) is 22.0 Å². The molecular weight excluding hydrogens is 477 g/mol. The SMILES string of the molecule is Cc1c(F)cc(OC(F)(F)c2c(F)cc(-c3ccc(C4CCC(C)CO4)cc3F)cc2F)cc1F. The quantitative estimate of drug-likeness (QED) is 0.332. The van der Waals surface area contributed by atoms with Gasteiger partial charge in [0.15, 0.2) is 0 Å². The highest BCUT2D eigenvalue weighted by molar-refractivity contribution is 5.65. The van der Waals surface area contributed by atoms with E-state index in [1.807, 2.05) is 6.92 Å². The molecule has 1 saturated heterocycles. The van der Waals surface area contributed by atoms with Gasteiger partial charge >= 0.3 is 6.11 Å². The smallest absolute Gasteiger partial charge is 0.429 e. The van der Waals surface area contributed by atoms with Gasteiger partial charge in [0.2, 0.25) is 0 Å². The Balaban J connectivity index is 1.62. The molecule has 9 heteroatoms. The molecule has 0 N–H and O–H groups in total. The summed E-state index contributed by atoms with van der Waals surface area (Å²) in [5.41, 5.74) is -2.15. The van der Waals surface area contributed by atoms with Crippen molar-refractivity contribution >= 4 is 0 Å². The van der Waals surface area contributed by atoms with Crippen LogP contribution in [0.1, 0.15) is 42.6 Å². The standard InChI is InChI=1S/C26H21F7O2/c1-13-3-6-24(34-12-13)15-4-5-18(21(29)7-15)16-8-22(30)25(23(31)9-16)26(32,33)35-17-10-19(27)14(2)20(28)11-17/h4-5,7-11,13,24H,3,6,12H2,1-2H3. The Bertz CT molecular complexity index is 1200. The minimum absolute atomic E-state index is 0.200. The number of alkyl halides is 2. The van der Waals surface area contributed by atoms with Gasteiger partial charge in [-0.05, 0) is 55.0 Å². The van der Waals surface area contributed by atoms with Crippen LogP contribution in [0.2, 0.25) is 0 Å². The number of rotatable bonds is 5. The maximum atomic E-state index is 14.8. The van der Waals surface area contributed by atoms with Gasteiger partial charge in [-0.2, -0.15) is 8.78 Å². The maximum Gasteiger partial charge on any atom is 0.432 e. The molecule has 0 aromatic heterocycles. The summed E-state index contributed by atoms with van der Waals surface area (Å²) in [6.07, 6.45) is -3.32. The summed E-state index contributed by atoms with van der Waals surface area (Å²) >= 11 is 0. The molecule has 3 aromatic carbocycles. The summed E-state index contributed by atoms with van der Waals surface area (Å²) in [5.74, 6) is -7.13. The molecule has 1 fully saturated rings. The summed E-state index contributed by atoms with van der Waals surface area (Å²) in [5, 5.41) is 0. The minimum atomic E-state index is -4.61. The zero-order valence-electron chi connectivity index (χ0n) is 18.8. The van der Waals surface area contributed by atoms with Crippen LogP contribution < -0.4 is 4.74 Å². The second-order valence-electron chi connectivity index (χ2n) is 8.69. The van der Waals surface area contributed by atoms with E-state index in [9.17, 15) is 30.7 Å². The Labute approximate surface area is 197 Å². The van der Waals surface area contributed by atoms with Crippen LogP contribution in [0.3, 0.4) is 0 Å². The largest absolute Gasteiger partial charge is 0.432 e. The Kier molecular flexibility index (Phi) is 6.81. The van der Waals surface area contributed by atoms with Gasteiger partial charge in [0.25, 0.3) is 0 Å². The van der Waals surface area contributed by atoms with Crippen molar-refractivity contribution in [1.82, 2.24) is 0 Å². The van der Waals surface area contributed by atoms with E-state index in [0.29, 0.717) is 48.8 Å². The molecule has 2 atom stereocenters. The third kappa shape index (κ3) is 5.15. The van der Waals surface area contributed by atoms with E-state index < -0.39 is 52.1 Å². The van der Waals surface area contributed by atoms with Crippen LogP contribution in [0.25, 0.3) is 11.1 Å². The first-order valence-corrected chi connectivity index (χ1v) is 10.9. The molecule has 1 heterocycles. The highest BCUT2D eigenvalue weighted by atomic mass is 19.3. The molecule has 35 heavy (non-hydrogen) atoms. The predicted octanol–water partition coefficient (Wildman–Crippen LogP) is 7.97. The second kappa shape index (κ2) is 9.53. The first-order valence-electron chi connectivity index (χ1n) is 10.9. The van der Waals surface area contributed by atoms with E-state index in [0.717, 1.165) is 13.3 Å². The van der Waals surface area contributed by atoms with Crippen LogP contribution in [0.4, 0.5) is 30.7 Å². The van der Waals surface area contributed by atoms with Gasteiger partial charge in [0.05, 0.1) is 6.10 Å². The Hall–Kier alpha value is -3.07. The van der Waals surface area contributed by atoms with Crippen molar-refractivity contribution < 1.29 is 40.2 Å². The zero-order valence-corrected chi connectivity index (χ0v) is 18.8. The van der Waals surface area contributed by atoms with Crippen LogP contribution >= 0.6 is 0 Å². The monoisotopic (exact) mass is 498 g/mol. The molecule has 0 amide bonds. The average Bonchev–Trinajstić information content (AvgIpc) is 2.76. The third-order valence-corrected chi connectivity index (χ3v) is 6.01. The van der Waals surface area contributed by atoms with E-state index in [1.165, 1.54) is 12.1 Å². The average molecular weight is 498 g/mol. The molecule has 3 aromatic rings. The fourth-order valence-corrected chi connectivity index (χ4v) is 4.00. The maximum absolute atomic E-state index is 14.8. The van der Waals surface area contributed by atoms with Crippen LogP contribution in [0, 0.1) is 41.9 Å². The number of halogens is 7. The molecule has 0 bridgehead atoms. The van der Waals surface area contributed by atoms with E-state index >= 15 is 0 Å². The summed E-state index contributed by atoms with van der Waals surface area (Å²) in [6, 6.07) is 6.09. The summed E-state index contributed by atoms with van der Waals surface area (Å²) in [6.45, 7) is 3.65. The van der Waals surface area contributed by atoms with Crippen molar-refractivity contribution in [2.24, 2.45) is 5.92 Å². The van der Waals surface area contributed by atoms with Crippen LogP contribution in [-0.4, -0.2) is 6.61 Å². The molecule has 0 radical (unpaired) electrons. The Morgan fingerprint density at radius 2 is 1.46 bits per heavy atom. The van der Waals surface area contributed by atoms with Crippen molar-refractivity contribution in [2.75, 3.05) is 6.61 Å². The minimum Gasteiger partial charge on any atom is -0.429 e. The lowest BCUT2D eigenvalue weighted by Crippen LogP contribution is -2.25. The first-order chi connectivity index (χ1) is 16.5. The van der Waals surface area contributed by atoms with Crippen LogP contribution in [-0.2, 0) is 10.8 Å². The van der Waals surface area contributed by atoms with E-state index in [2.05, 4.69) is 4.74 Å². The molecule has 1 aliphatic rings. The first kappa shape index (κ1) is 25.0. The second-order valence-corrected chi connectivity index (χ2v) is 8.69. The lowest BCUT2D eigenvalue weighted by Gasteiger charge is -2.27. The summed E-state index contributed by atoms with van der Waals surface area (Å²) < 4.78 is 111. The predicted molar refractivity (Wildman–Crippen MR) is 114 cm³/mol. The Morgan fingerprint density at radius 3 is 2.00 bits per heavy atom. The molecule has 0 aliphatic carbocycles. The molecule has 0 spiro atoms. The number of benzene rings is 3. The summed E-state index contributed by atoms with van der Waals surface area (Å²) in [4.78, 5) is 0. The molecular formula is C26H21F7O2. The van der Waals surface area contributed by atoms with Crippen molar-refractivity contribution in [2.45, 2.75) is 38.9 Å². The molecule has 0 saturated carbocycles. The fraction of sp³-hybridized carbons (Fsp3) is 0.308. The zero-order chi connectivity index (χ0) is 25.5. The highest BCUT2D eigenvalue weighted by Gasteiger charge is 2.41. The van der Waals surface area contributed by atoms with Crippen molar-refractivity contribution in [3.05, 3.63) is 88.2 Å². The van der Waals surface area contributed by atoms with Gasteiger partial charge < -0.3 is 9.47 Å². The number of ether oxygens (including phenoxy) is 2. The van der Waals surface area contributed by atoms with Crippen molar-refractivity contribution in [3.63, 3.8) is 0 Å². The molecule has 4 rings (SSSR count). The van der Waals surface area contributed by atoms with Gasteiger partial charge in [0.1, 0.15) is 40.4 Å². The Morgan fingerprint density at radius 1 is 0.829 bits per heavy atom. The van der Waals surface area contributed by atoms with Crippen molar-refractivity contribution in [1.29, 1.82) is 0 Å². The lowest BCUT2D eigenvalue weighted by molar-refractivity contribution is -0.189. The van der Waals surface area contributed by atoms with E-state index in [4.69, 9.17) is 4.74 Å². The van der Waals surface area contributed by atoms with Crippen molar-refractivity contribution in [3.8, 4) is 16.9 Å². The molecule has 1 aliphatic heterocycles. The van der Waals surface area contributed by atoms with E-state index in [-0.39, 0.29) is 17.2 Å². The highest BCUT2D eigenvalue weighted by Crippen LogP contribution is 2.39. The number of hydrogen-bond donors (Lipinski definition) is 0. The third-order valence-electron chi connectivity index (χ3n) is 6.01. The van der Waals surface area contributed by atoms with Crippen LogP contribution in [0.5, 0.6) is 5.75 Å². The normalized spacial score (nSPS) is 18.5. The van der Waals surface area contributed by atoms with Gasteiger partial charge in [0, 0.05) is 29.9 Å². The van der Waals surface area contributed by atoms with Gasteiger partial charge in [-0.1, -0.05) is 19.1 Å². The molecule has 2 unspecified atom stereocenters.